The van der Waals surface area contributed by atoms with Gasteiger partial charge in [0.05, 0.1) is 12.5 Å². The first-order chi connectivity index (χ1) is 13.4. The van der Waals surface area contributed by atoms with E-state index in [-0.39, 0.29) is 17.6 Å². The lowest BCUT2D eigenvalue weighted by Crippen LogP contribution is -2.37. The summed E-state index contributed by atoms with van der Waals surface area (Å²) >= 11 is 0. The lowest BCUT2D eigenvalue weighted by atomic mass is 10.1. The zero-order valence-electron chi connectivity index (χ0n) is 15.1. The van der Waals surface area contributed by atoms with Crippen LogP contribution in [0.1, 0.15) is 30.7 Å². The molecule has 1 aliphatic carbocycles. The second-order valence-electron chi connectivity index (χ2n) is 7.34. The molecule has 1 saturated carbocycles. The molecule has 2 heterocycles. The second-order valence-corrected chi connectivity index (χ2v) is 7.34. The van der Waals surface area contributed by atoms with Crippen molar-refractivity contribution in [2.75, 3.05) is 19.8 Å². The van der Waals surface area contributed by atoms with Crippen molar-refractivity contribution in [2.45, 2.75) is 32.0 Å². The summed E-state index contributed by atoms with van der Waals surface area (Å²) in [4.78, 5) is 18.1. The second kappa shape index (κ2) is 7.54. The molecule has 4 rings (SSSR count). The Kier molecular flexibility index (Phi) is 5.09. The van der Waals surface area contributed by atoms with Crippen LogP contribution in [-0.2, 0) is 22.3 Å². The largest absolute Gasteiger partial charge is 0.471 e. The van der Waals surface area contributed by atoms with Gasteiger partial charge in [-0.2, -0.15) is 18.2 Å². The highest BCUT2D eigenvalue weighted by Crippen LogP contribution is 2.32. The van der Waals surface area contributed by atoms with Crippen LogP contribution in [-0.4, -0.2) is 40.7 Å². The predicted octanol–water partition coefficient (Wildman–Crippen LogP) is 3.53. The number of rotatable bonds is 6. The molecule has 28 heavy (non-hydrogen) atoms. The topological polar surface area (TPSA) is 68.5 Å². The first kappa shape index (κ1) is 18.9. The molecule has 1 aliphatic heterocycles. The molecule has 0 spiro atoms. The van der Waals surface area contributed by atoms with Gasteiger partial charge < -0.3 is 14.2 Å². The number of halogens is 3. The van der Waals surface area contributed by atoms with Crippen molar-refractivity contribution in [1.82, 2.24) is 15.0 Å². The van der Waals surface area contributed by atoms with Crippen molar-refractivity contribution in [3.8, 4) is 11.4 Å². The Balaban J connectivity index is 1.45. The number of hydrogen-bond donors (Lipinski definition) is 0. The average Bonchev–Trinajstić information content (AvgIpc) is 3.14. The number of carbonyl (C=O) groups excluding carboxylic acids is 1. The van der Waals surface area contributed by atoms with Gasteiger partial charge in [0.15, 0.2) is 0 Å². The van der Waals surface area contributed by atoms with Crippen LogP contribution in [0.4, 0.5) is 13.2 Å². The van der Waals surface area contributed by atoms with Gasteiger partial charge in [0.1, 0.15) is 0 Å². The molecular weight excluding hydrogens is 375 g/mol. The van der Waals surface area contributed by atoms with Gasteiger partial charge in [-0.25, -0.2) is 0 Å². The molecule has 0 bridgehead atoms. The summed E-state index contributed by atoms with van der Waals surface area (Å²) in [5.74, 6) is -0.898. The van der Waals surface area contributed by atoms with Gasteiger partial charge in [-0.1, -0.05) is 29.4 Å². The zero-order valence-corrected chi connectivity index (χ0v) is 15.1. The van der Waals surface area contributed by atoms with Gasteiger partial charge in [-0.3, -0.25) is 4.79 Å². The van der Waals surface area contributed by atoms with Gasteiger partial charge in [0.2, 0.25) is 11.7 Å². The van der Waals surface area contributed by atoms with Crippen LogP contribution in [0.5, 0.6) is 0 Å². The zero-order chi connectivity index (χ0) is 19.7. The minimum Gasteiger partial charge on any atom is -0.381 e. The van der Waals surface area contributed by atoms with Crippen molar-refractivity contribution in [3.63, 3.8) is 0 Å². The normalized spacial score (nSPS) is 19.8. The third-order valence-electron chi connectivity index (χ3n) is 5.02. The molecule has 2 fully saturated rings. The quantitative estimate of drug-likeness (QED) is 0.749. The lowest BCUT2D eigenvalue weighted by molar-refractivity contribution is -0.159. The van der Waals surface area contributed by atoms with Gasteiger partial charge in [-0.15, -0.1) is 0 Å². The van der Waals surface area contributed by atoms with Crippen molar-refractivity contribution in [2.24, 2.45) is 11.8 Å². The fraction of sp³-hybridized carbons (Fsp3) is 0.526. The van der Waals surface area contributed by atoms with Gasteiger partial charge >= 0.3 is 12.1 Å². The smallest absolute Gasteiger partial charge is 0.381 e. The summed E-state index contributed by atoms with van der Waals surface area (Å²) in [5.41, 5.74) is 1.32. The summed E-state index contributed by atoms with van der Waals surface area (Å²) in [6.45, 7) is 2.29. The number of carbonyl (C=O) groups is 1. The molecule has 2 aromatic rings. The molecule has 1 atom stereocenters. The maximum Gasteiger partial charge on any atom is 0.471 e. The number of ether oxygens (including phenoxy) is 1. The van der Waals surface area contributed by atoms with E-state index in [1.54, 1.807) is 24.3 Å². The third-order valence-corrected chi connectivity index (χ3v) is 5.02. The van der Waals surface area contributed by atoms with Crippen LogP contribution in [0.25, 0.3) is 11.4 Å². The monoisotopic (exact) mass is 395 g/mol. The average molecular weight is 395 g/mol. The molecule has 1 saturated heterocycles. The van der Waals surface area contributed by atoms with Crippen molar-refractivity contribution < 1.29 is 27.2 Å². The molecule has 0 radical (unpaired) electrons. The van der Waals surface area contributed by atoms with Gasteiger partial charge in [-0.05, 0) is 30.7 Å². The van der Waals surface area contributed by atoms with Crippen LogP contribution in [0, 0.1) is 11.8 Å². The highest BCUT2D eigenvalue weighted by molar-refractivity contribution is 5.79. The summed E-state index contributed by atoms with van der Waals surface area (Å²) in [7, 11) is 0. The SMILES string of the molecule is O=C(C1CCOC1)N(Cc1ccc(-c2noc(C(F)(F)F)n2)cc1)CC1CC1. The predicted molar refractivity (Wildman–Crippen MR) is 91.8 cm³/mol. The molecule has 1 aromatic carbocycles. The Morgan fingerprint density at radius 2 is 1.93 bits per heavy atom. The first-order valence-electron chi connectivity index (χ1n) is 9.27. The Morgan fingerprint density at radius 1 is 1.18 bits per heavy atom. The van der Waals surface area contributed by atoms with Crippen molar-refractivity contribution >= 4 is 5.91 Å². The maximum atomic E-state index is 12.8. The highest BCUT2D eigenvalue weighted by Gasteiger charge is 2.38. The minimum atomic E-state index is -4.67. The summed E-state index contributed by atoms with van der Waals surface area (Å²) in [5, 5.41) is 3.39. The maximum absolute atomic E-state index is 12.8. The van der Waals surface area contributed by atoms with E-state index >= 15 is 0 Å². The lowest BCUT2D eigenvalue weighted by Gasteiger charge is -2.25. The molecule has 1 aromatic heterocycles. The van der Waals surface area contributed by atoms with Crippen LogP contribution in [0.3, 0.4) is 0 Å². The summed E-state index contributed by atoms with van der Waals surface area (Å²) in [6.07, 6.45) is -1.64. The van der Waals surface area contributed by atoms with Gasteiger partial charge in [0.25, 0.3) is 0 Å². The Labute approximate surface area is 159 Å². The van der Waals surface area contributed by atoms with Crippen molar-refractivity contribution in [1.29, 1.82) is 0 Å². The van der Waals surface area contributed by atoms with Crippen LogP contribution >= 0.6 is 0 Å². The van der Waals surface area contributed by atoms with Crippen LogP contribution in [0.2, 0.25) is 0 Å². The molecule has 1 unspecified atom stereocenters. The molecule has 150 valence electrons. The summed E-state index contributed by atoms with van der Waals surface area (Å²) in [6, 6.07) is 6.83. The molecule has 9 heteroatoms. The Bertz CT molecular complexity index is 825. The summed E-state index contributed by atoms with van der Waals surface area (Å²) < 4.78 is 47.4. The van der Waals surface area contributed by atoms with E-state index in [0.29, 0.717) is 31.2 Å². The van der Waals surface area contributed by atoms with Crippen molar-refractivity contribution in [3.05, 3.63) is 35.7 Å². The molecule has 1 amide bonds. The van der Waals surface area contributed by atoms with Gasteiger partial charge in [0, 0.05) is 25.3 Å². The molecular formula is C19H20F3N3O3. The molecule has 0 N–H and O–H groups in total. The Morgan fingerprint density at radius 3 is 2.50 bits per heavy atom. The van der Waals surface area contributed by atoms with E-state index in [1.807, 2.05) is 4.90 Å². The van der Waals surface area contributed by atoms with E-state index in [0.717, 1.165) is 31.4 Å². The van der Waals surface area contributed by atoms with E-state index in [1.165, 1.54) is 0 Å². The Hall–Kier alpha value is -2.42. The number of aromatic nitrogens is 2. The molecule has 6 nitrogen and oxygen atoms in total. The fourth-order valence-corrected chi connectivity index (χ4v) is 3.27. The van der Waals surface area contributed by atoms with E-state index in [2.05, 4.69) is 14.7 Å². The minimum absolute atomic E-state index is 0.0851. The standard InChI is InChI=1S/C19H20F3N3O3/c20-19(21,22)18-23-16(24-28-18)14-5-3-13(4-6-14)10-25(9-12-1-2-12)17(26)15-7-8-27-11-15/h3-6,12,15H,1-2,7-11H2. The van der Waals surface area contributed by atoms with Crippen LogP contribution in [0.15, 0.2) is 28.8 Å². The van der Waals surface area contributed by atoms with E-state index in [9.17, 15) is 18.0 Å². The molecule has 2 aliphatic rings. The highest BCUT2D eigenvalue weighted by atomic mass is 19.4. The third kappa shape index (κ3) is 4.35. The number of benzene rings is 1. The van der Waals surface area contributed by atoms with Crippen LogP contribution < -0.4 is 0 Å². The number of alkyl halides is 3. The number of hydrogen-bond acceptors (Lipinski definition) is 5. The number of nitrogens with zero attached hydrogens (tertiary/aromatic N) is 3. The first-order valence-corrected chi connectivity index (χ1v) is 9.27. The fourth-order valence-electron chi connectivity index (χ4n) is 3.27. The number of amides is 1. The van der Waals surface area contributed by atoms with E-state index < -0.39 is 12.1 Å². The van der Waals surface area contributed by atoms with E-state index in [4.69, 9.17) is 4.74 Å².